The summed E-state index contributed by atoms with van der Waals surface area (Å²) in [6.45, 7) is 13.1. The summed E-state index contributed by atoms with van der Waals surface area (Å²) in [5.41, 5.74) is 0. The predicted octanol–water partition coefficient (Wildman–Crippen LogP) is 3.29. The Kier molecular flexibility index (Phi) is 7.53. The van der Waals surface area contributed by atoms with Gasteiger partial charge in [0.05, 0.1) is 19.6 Å². The van der Waals surface area contributed by atoms with Gasteiger partial charge in [0.2, 0.25) is 0 Å². The number of nitrogens with one attached hydrogen (secondary N) is 1. The third kappa shape index (κ3) is 4.63. The number of hydrogen-bond donors (Lipinski definition) is 1. The third-order valence-electron chi connectivity index (χ3n) is 5.67. The van der Waals surface area contributed by atoms with Crippen LogP contribution in [0.15, 0.2) is 0 Å². The molecule has 24 heavy (non-hydrogen) atoms. The van der Waals surface area contributed by atoms with Crippen LogP contribution in [-0.2, 0) is 14.9 Å². The largest absolute Gasteiger partial charge is 0.445 e. The molecule has 0 radical (unpaired) electrons. The molecule has 1 aliphatic rings. The van der Waals surface area contributed by atoms with Gasteiger partial charge in [-0.2, -0.15) is 13.1 Å². The highest BCUT2D eigenvalue weighted by Crippen LogP contribution is 2.35. The van der Waals surface area contributed by atoms with Crippen molar-refractivity contribution in [3.8, 4) is 0 Å². The van der Waals surface area contributed by atoms with Crippen LogP contribution in [0.1, 0.15) is 60.8 Å². The normalized spacial score (nSPS) is 25.5. The van der Waals surface area contributed by atoms with Gasteiger partial charge in [0.25, 0.3) is 0 Å². The topological polar surface area (TPSA) is 72.5 Å². The van der Waals surface area contributed by atoms with E-state index in [1.807, 2.05) is 20.8 Å². The summed E-state index contributed by atoms with van der Waals surface area (Å²) in [7, 11) is -3.82. The molecule has 0 aliphatic heterocycles. The molecule has 142 valence electrons. The first kappa shape index (κ1) is 21.2. The molecule has 7 heteroatoms. The van der Waals surface area contributed by atoms with Crippen molar-refractivity contribution in [2.75, 3.05) is 19.6 Å². The maximum Gasteiger partial charge on any atom is 0.425 e. The van der Waals surface area contributed by atoms with Crippen LogP contribution in [0.4, 0.5) is 4.79 Å². The fourth-order valence-corrected chi connectivity index (χ4v) is 5.27. The molecular weight excluding hydrogens is 328 g/mol. The van der Waals surface area contributed by atoms with Crippen molar-refractivity contribution in [2.45, 2.75) is 66.9 Å². The Balaban J connectivity index is 2.83. The van der Waals surface area contributed by atoms with Crippen molar-refractivity contribution in [1.82, 2.24) is 4.72 Å². The summed E-state index contributed by atoms with van der Waals surface area (Å²) in [4.78, 5) is 12.3. The Labute approximate surface area is 147 Å². The standard InChI is InChI=1S/C17H34N2O4S/c1-7-19(8-2,9-3)24(21,22)18-17(20)23-16-12-14(6)10-11-15(16)13(4)5/h13-16H,7-12H2,1-6H3/p+1/t14-,15+,16-/m1/s1. The zero-order valence-electron chi connectivity index (χ0n) is 16.0. The number of carbonyl (C=O) groups is 1. The van der Waals surface area contributed by atoms with Crippen molar-refractivity contribution in [3.63, 3.8) is 0 Å². The molecule has 0 spiro atoms. The maximum absolute atomic E-state index is 12.6. The number of ether oxygens (including phenoxy) is 1. The Morgan fingerprint density at radius 2 is 1.71 bits per heavy atom. The Hall–Kier alpha value is -0.820. The molecule has 1 N–H and O–H groups in total. The number of nitrogens with zero attached hydrogens (tertiary/aromatic N) is 1. The van der Waals surface area contributed by atoms with Crippen LogP contribution in [0.5, 0.6) is 0 Å². The molecule has 6 nitrogen and oxygen atoms in total. The predicted molar refractivity (Wildman–Crippen MR) is 95.6 cm³/mol. The lowest BCUT2D eigenvalue weighted by Crippen LogP contribution is -2.58. The minimum absolute atomic E-state index is 0.170. The number of carbonyl (C=O) groups excluding carboxylic acids is 1. The molecule has 0 aromatic carbocycles. The minimum atomic E-state index is -3.82. The van der Waals surface area contributed by atoms with Crippen molar-refractivity contribution < 1.29 is 21.8 Å². The van der Waals surface area contributed by atoms with Crippen LogP contribution in [0.25, 0.3) is 0 Å². The molecule has 1 fully saturated rings. The number of amides is 1. The van der Waals surface area contributed by atoms with Gasteiger partial charge < -0.3 is 4.74 Å². The van der Waals surface area contributed by atoms with Gasteiger partial charge >= 0.3 is 16.3 Å². The van der Waals surface area contributed by atoms with Crippen LogP contribution >= 0.6 is 0 Å². The summed E-state index contributed by atoms with van der Waals surface area (Å²) in [5.74, 6) is 1.19. The first-order valence-corrected chi connectivity index (χ1v) is 10.7. The highest BCUT2D eigenvalue weighted by molar-refractivity contribution is 7.84. The SMILES string of the molecule is CC[N+](CC)(CC)S(=O)(=O)NC(=O)O[C@@H]1C[C@H](C)CC[C@H]1C(C)C. The molecule has 1 aliphatic carbocycles. The van der Waals surface area contributed by atoms with Crippen molar-refractivity contribution in [1.29, 1.82) is 0 Å². The zero-order valence-corrected chi connectivity index (χ0v) is 16.9. The molecule has 1 saturated carbocycles. The molecule has 0 heterocycles. The zero-order chi connectivity index (χ0) is 18.5. The summed E-state index contributed by atoms with van der Waals surface area (Å²) >= 11 is 0. The Morgan fingerprint density at radius 1 is 1.17 bits per heavy atom. The van der Waals surface area contributed by atoms with Crippen LogP contribution in [0.2, 0.25) is 0 Å². The average molecular weight is 364 g/mol. The summed E-state index contributed by atoms with van der Waals surface area (Å²) < 4.78 is 32.8. The number of rotatable bonds is 7. The molecule has 1 rings (SSSR count). The van der Waals surface area contributed by atoms with Gasteiger partial charge in [-0.25, -0.2) is 8.68 Å². The van der Waals surface area contributed by atoms with Crippen molar-refractivity contribution in [3.05, 3.63) is 0 Å². The van der Waals surface area contributed by atoms with E-state index in [9.17, 15) is 13.2 Å². The molecule has 0 aromatic heterocycles. The second-order valence-corrected chi connectivity index (χ2v) is 9.28. The number of hydrogen-bond acceptors (Lipinski definition) is 4. The van der Waals surface area contributed by atoms with Gasteiger partial charge in [-0.3, -0.25) is 0 Å². The van der Waals surface area contributed by atoms with E-state index in [1.54, 1.807) is 0 Å². The van der Waals surface area contributed by atoms with E-state index in [2.05, 4.69) is 25.5 Å². The van der Waals surface area contributed by atoms with E-state index in [0.717, 1.165) is 19.3 Å². The van der Waals surface area contributed by atoms with Gasteiger partial charge in [-0.15, -0.1) is 0 Å². The molecule has 0 aromatic rings. The van der Waals surface area contributed by atoms with Crippen molar-refractivity contribution in [2.24, 2.45) is 17.8 Å². The smallest absolute Gasteiger partial charge is 0.425 e. The second-order valence-electron chi connectivity index (χ2n) is 7.35. The van der Waals surface area contributed by atoms with E-state index >= 15 is 0 Å². The van der Waals surface area contributed by atoms with Crippen molar-refractivity contribution >= 4 is 16.3 Å². The summed E-state index contributed by atoms with van der Waals surface area (Å²) in [6, 6.07) is 0. The molecule has 1 amide bonds. The maximum atomic E-state index is 12.6. The van der Waals surface area contributed by atoms with Crippen LogP contribution in [0.3, 0.4) is 0 Å². The Morgan fingerprint density at radius 3 is 2.17 bits per heavy atom. The summed E-state index contributed by atoms with van der Waals surface area (Å²) in [6.07, 6.45) is 1.89. The molecular formula is C17H35N2O4S+. The minimum Gasteiger partial charge on any atom is -0.445 e. The summed E-state index contributed by atoms with van der Waals surface area (Å²) in [5, 5.41) is 0. The van der Waals surface area contributed by atoms with E-state index in [4.69, 9.17) is 4.74 Å². The Bertz CT molecular complexity index is 506. The van der Waals surface area contributed by atoms with Gasteiger partial charge in [0.15, 0.2) is 0 Å². The van der Waals surface area contributed by atoms with Crippen LogP contribution in [-0.4, -0.2) is 44.1 Å². The molecule has 0 bridgehead atoms. The van der Waals surface area contributed by atoms with Gasteiger partial charge in [-0.05, 0) is 51.4 Å². The molecule has 3 atom stereocenters. The fourth-order valence-electron chi connectivity index (χ4n) is 3.79. The lowest BCUT2D eigenvalue weighted by atomic mass is 9.75. The van der Waals surface area contributed by atoms with E-state index in [0.29, 0.717) is 31.5 Å². The quantitative estimate of drug-likeness (QED) is 0.705. The molecule has 0 saturated heterocycles. The third-order valence-corrected chi connectivity index (χ3v) is 7.89. The molecule has 0 unspecified atom stereocenters. The monoisotopic (exact) mass is 363 g/mol. The fraction of sp³-hybridized carbons (Fsp3) is 0.941. The number of quaternary nitrogens is 1. The first-order chi connectivity index (χ1) is 11.1. The van der Waals surface area contributed by atoms with Gasteiger partial charge in [0.1, 0.15) is 6.10 Å². The lowest BCUT2D eigenvalue weighted by Gasteiger charge is -2.37. The van der Waals surface area contributed by atoms with Gasteiger partial charge in [0, 0.05) is 0 Å². The lowest BCUT2D eigenvalue weighted by molar-refractivity contribution is -0.801. The highest BCUT2D eigenvalue weighted by Gasteiger charge is 2.40. The van der Waals surface area contributed by atoms with E-state index in [1.165, 1.54) is 0 Å². The van der Waals surface area contributed by atoms with E-state index in [-0.39, 0.29) is 15.9 Å². The van der Waals surface area contributed by atoms with E-state index < -0.39 is 16.3 Å². The second kappa shape index (κ2) is 8.52. The average Bonchev–Trinajstić information content (AvgIpc) is 2.48. The van der Waals surface area contributed by atoms with Crippen LogP contribution in [0, 0.1) is 17.8 Å². The highest BCUT2D eigenvalue weighted by atomic mass is 32.2. The van der Waals surface area contributed by atoms with Gasteiger partial charge in [-0.1, -0.05) is 27.2 Å². The van der Waals surface area contributed by atoms with Crippen LogP contribution < -0.4 is 4.72 Å². The first-order valence-electron chi connectivity index (χ1n) is 9.22.